The van der Waals surface area contributed by atoms with Gasteiger partial charge in [0.2, 0.25) is 0 Å². The zero-order valence-corrected chi connectivity index (χ0v) is 16.2. The Bertz CT molecular complexity index is 417. The van der Waals surface area contributed by atoms with E-state index in [4.69, 9.17) is 5.73 Å². The molecule has 0 saturated carbocycles. The van der Waals surface area contributed by atoms with Crippen molar-refractivity contribution in [1.29, 1.82) is 0 Å². The lowest BCUT2D eigenvalue weighted by Gasteiger charge is -2.39. The molecule has 0 rings (SSSR count). The highest BCUT2D eigenvalue weighted by atomic mass is 32.2. The topological polar surface area (TPSA) is 101 Å². The van der Waals surface area contributed by atoms with E-state index in [0.717, 1.165) is 12.8 Å². The Morgan fingerprint density at radius 1 is 0.957 bits per heavy atom. The Morgan fingerprint density at radius 3 is 1.87 bits per heavy atom. The van der Waals surface area contributed by atoms with Gasteiger partial charge in [0, 0.05) is 0 Å². The van der Waals surface area contributed by atoms with E-state index in [1.165, 1.54) is 32.1 Å². The summed E-state index contributed by atoms with van der Waals surface area (Å²) in [6.07, 6.45) is 8.65. The maximum Gasteiger partial charge on any atom is 0.284 e. The van der Waals surface area contributed by atoms with E-state index in [1.807, 2.05) is 0 Å². The zero-order chi connectivity index (χ0) is 18.1. The van der Waals surface area contributed by atoms with Crippen LogP contribution in [0.2, 0.25) is 0 Å². The molecule has 5 nitrogen and oxygen atoms in total. The lowest BCUT2D eigenvalue weighted by molar-refractivity contribution is 0.129. The van der Waals surface area contributed by atoms with Crippen molar-refractivity contribution in [2.75, 3.05) is 0 Å². The Labute approximate surface area is 142 Å². The molecule has 0 spiro atoms. The van der Waals surface area contributed by atoms with Crippen molar-refractivity contribution in [2.45, 2.75) is 103 Å². The van der Waals surface area contributed by atoms with Crippen LogP contribution in [0.25, 0.3) is 0 Å². The quantitative estimate of drug-likeness (QED) is 0.366. The number of hydrogen-bond acceptors (Lipinski definition) is 4. The molecule has 0 bridgehead atoms. The fraction of sp³-hybridized carbons (Fsp3) is 1.00. The van der Waals surface area contributed by atoms with Gasteiger partial charge in [-0.15, -0.1) is 0 Å². The number of aliphatic hydroxyl groups excluding tert-OH is 1. The molecule has 0 aliphatic carbocycles. The molecule has 140 valence electrons. The highest BCUT2D eigenvalue weighted by molar-refractivity contribution is 7.87. The standard InChI is InChI=1S/C17H37NO4S/c1-5-6-7-8-9-10-11-12-15(19)13-14-17(18,16(2,3)4)23(20,21)22/h15,19H,5-14,18H2,1-4H3,(H,20,21,22). The molecule has 0 aromatic rings. The molecule has 0 fully saturated rings. The van der Waals surface area contributed by atoms with Crippen molar-refractivity contribution >= 4 is 10.1 Å². The smallest absolute Gasteiger partial charge is 0.284 e. The number of nitrogens with two attached hydrogens (primary N) is 1. The third-order valence-electron chi connectivity index (χ3n) is 4.72. The Balaban J connectivity index is 4.18. The van der Waals surface area contributed by atoms with Crippen molar-refractivity contribution in [1.82, 2.24) is 0 Å². The molecule has 0 aliphatic heterocycles. The third kappa shape index (κ3) is 7.96. The minimum absolute atomic E-state index is 0.0486. The highest BCUT2D eigenvalue weighted by Gasteiger charge is 2.48. The molecule has 0 heterocycles. The van der Waals surface area contributed by atoms with Crippen LogP contribution in [-0.4, -0.2) is 29.1 Å². The molecular weight excluding hydrogens is 314 g/mol. The first-order valence-electron chi connectivity index (χ1n) is 8.89. The van der Waals surface area contributed by atoms with Gasteiger partial charge in [-0.2, -0.15) is 8.42 Å². The van der Waals surface area contributed by atoms with Crippen LogP contribution >= 0.6 is 0 Å². The van der Waals surface area contributed by atoms with Gasteiger partial charge in [0.1, 0.15) is 4.87 Å². The van der Waals surface area contributed by atoms with Crippen LogP contribution in [0.3, 0.4) is 0 Å². The van der Waals surface area contributed by atoms with Crippen LogP contribution in [0.15, 0.2) is 0 Å². The number of hydrogen-bond donors (Lipinski definition) is 3. The number of unbranched alkanes of at least 4 members (excludes halogenated alkanes) is 6. The Hall–Kier alpha value is -0.170. The van der Waals surface area contributed by atoms with E-state index in [2.05, 4.69) is 6.92 Å². The lowest BCUT2D eigenvalue weighted by Crippen LogP contribution is -2.57. The van der Waals surface area contributed by atoms with Gasteiger partial charge in [0.25, 0.3) is 10.1 Å². The monoisotopic (exact) mass is 351 g/mol. The van der Waals surface area contributed by atoms with Crippen molar-refractivity contribution < 1.29 is 18.1 Å². The summed E-state index contributed by atoms with van der Waals surface area (Å²) in [5.41, 5.74) is 5.17. The third-order valence-corrected chi connectivity index (χ3v) is 6.46. The van der Waals surface area contributed by atoms with Crippen molar-refractivity contribution in [3.63, 3.8) is 0 Å². The van der Waals surface area contributed by atoms with E-state index in [-0.39, 0.29) is 12.8 Å². The van der Waals surface area contributed by atoms with Crippen LogP contribution in [-0.2, 0) is 10.1 Å². The van der Waals surface area contributed by atoms with Gasteiger partial charge in [0.15, 0.2) is 0 Å². The largest absolute Gasteiger partial charge is 0.393 e. The van der Waals surface area contributed by atoms with Crippen LogP contribution < -0.4 is 5.73 Å². The summed E-state index contributed by atoms with van der Waals surface area (Å²) in [4.78, 5) is -1.73. The summed E-state index contributed by atoms with van der Waals surface area (Å²) in [6, 6.07) is 0. The van der Waals surface area contributed by atoms with E-state index >= 15 is 0 Å². The fourth-order valence-electron chi connectivity index (χ4n) is 2.75. The first-order valence-corrected chi connectivity index (χ1v) is 10.3. The molecule has 0 radical (unpaired) electrons. The first-order chi connectivity index (χ1) is 10.5. The Kier molecular flexibility index (Phi) is 9.89. The molecule has 23 heavy (non-hydrogen) atoms. The molecule has 4 N–H and O–H groups in total. The van der Waals surface area contributed by atoms with Crippen LogP contribution in [0.5, 0.6) is 0 Å². The maximum atomic E-state index is 11.6. The van der Waals surface area contributed by atoms with Crippen LogP contribution in [0.1, 0.15) is 91.9 Å². The average Bonchev–Trinajstić information content (AvgIpc) is 2.41. The van der Waals surface area contributed by atoms with Crippen LogP contribution in [0, 0.1) is 5.41 Å². The van der Waals surface area contributed by atoms with E-state index in [0.29, 0.717) is 6.42 Å². The fourth-order valence-corrected chi connectivity index (χ4v) is 3.90. The molecular formula is C17H37NO4S. The number of rotatable bonds is 12. The SMILES string of the molecule is CCCCCCCCCC(O)CCC(N)(C(C)(C)C)S(=O)(=O)O. The van der Waals surface area contributed by atoms with Gasteiger partial charge in [0.05, 0.1) is 6.10 Å². The molecule has 2 atom stereocenters. The Morgan fingerprint density at radius 2 is 1.43 bits per heavy atom. The van der Waals surface area contributed by atoms with Gasteiger partial charge in [-0.05, 0) is 24.7 Å². The van der Waals surface area contributed by atoms with Gasteiger partial charge < -0.3 is 10.8 Å². The highest BCUT2D eigenvalue weighted by Crippen LogP contribution is 2.36. The summed E-state index contributed by atoms with van der Waals surface area (Å²) in [5, 5.41) is 10.1. The van der Waals surface area contributed by atoms with Crippen molar-refractivity contribution in [3.8, 4) is 0 Å². The molecule has 0 amide bonds. The second kappa shape index (κ2) is 9.97. The van der Waals surface area contributed by atoms with Gasteiger partial charge in [-0.25, -0.2) is 0 Å². The summed E-state index contributed by atoms with van der Waals surface area (Å²) in [6.45, 7) is 7.24. The van der Waals surface area contributed by atoms with Gasteiger partial charge in [-0.1, -0.05) is 72.6 Å². The molecule has 0 aliphatic rings. The average molecular weight is 352 g/mol. The van der Waals surface area contributed by atoms with Gasteiger partial charge >= 0.3 is 0 Å². The predicted molar refractivity (Wildman–Crippen MR) is 95.8 cm³/mol. The molecule has 0 aromatic heterocycles. The first kappa shape index (κ1) is 22.8. The van der Waals surface area contributed by atoms with Crippen molar-refractivity contribution in [2.24, 2.45) is 11.1 Å². The minimum Gasteiger partial charge on any atom is -0.393 e. The summed E-state index contributed by atoms with van der Waals surface area (Å²) in [5.74, 6) is 0. The van der Waals surface area contributed by atoms with Gasteiger partial charge in [-0.3, -0.25) is 4.55 Å². The molecule has 6 heteroatoms. The van der Waals surface area contributed by atoms with Crippen LogP contribution in [0.4, 0.5) is 0 Å². The molecule has 2 unspecified atom stereocenters. The van der Waals surface area contributed by atoms with E-state index < -0.39 is 26.5 Å². The number of aliphatic hydroxyl groups is 1. The second-order valence-electron chi connectivity index (χ2n) is 7.72. The maximum absolute atomic E-state index is 11.6. The van der Waals surface area contributed by atoms with Crippen molar-refractivity contribution in [3.05, 3.63) is 0 Å². The predicted octanol–water partition coefficient (Wildman–Crippen LogP) is 3.86. The zero-order valence-electron chi connectivity index (χ0n) is 15.3. The molecule has 0 saturated heterocycles. The van der Waals surface area contributed by atoms with E-state index in [1.54, 1.807) is 20.8 Å². The molecule has 0 aromatic carbocycles. The summed E-state index contributed by atoms with van der Waals surface area (Å²) in [7, 11) is -4.39. The summed E-state index contributed by atoms with van der Waals surface area (Å²) < 4.78 is 32.8. The van der Waals surface area contributed by atoms with E-state index in [9.17, 15) is 18.1 Å². The lowest BCUT2D eigenvalue weighted by atomic mass is 9.83. The normalized spacial score (nSPS) is 17.0. The summed E-state index contributed by atoms with van der Waals surface area (Å²) >= 11 is 0. The second-order valence-corrected chi connectivity index (χ2v) is 9.40. The minimum atomic E-state index is -4.39.